The van der Waals surface area contributed by atoms with Crippen molar-refractivity contribution in [2.45, 2.75) is 18.0 Å². The van der Waals surface area contributed by atoms with Crippen LogP contribution >= 0.6 is 11.8 Å². The van der Waals surface area contributed by atoms with Crippen LogP contribution in [0.4, 0.5) is 0 Å². The van der Waals surface area contributed by atoms with Crippen LogP contribution in [0, 0.1) is 5.92 Å². The second-order valence-corrected chi connectivity index (χ2v) is 6.46. The molecule has 0 saturated carbocycles. The maximum atomic E-state index is 12.1. The smallest absolute Gasteiger partial charge is 0.327 e. The van der Waals surface area contributed by atoms with E-state index < -0.39 is 0 Å². The maximum absolute atomic E-state index is 12.1. The molecule has 0 atom stereocenters. The summed E-state index contributed by atoms with van der Waals surface area (Å²) < 4.78 is 2.50. The third-order valence-electron chi connectivity index (χ3n) is 3.99. The number of aromatic nitrogens is 4. The standard InChI is InChI=1S/C13H19N5O2S/c1-17-10-9(11(19)18(2)13(17)20)15-12(16-10)21-7-8-3-5-14-6-4-8/h8,14H,3-7H2,1-2H3,(H,15,16). The van der Waals surface area contributed by atoms with E-state index in [4.69, 9.17) is 0 Å². The Morgan fingerprint density at radius 3 is 2.67 bits per heavy atom. The summed E-state index contributed by atoms with van der Waals surface area (Å²) in [4.78, 5) is 31.4. The van der Waals surface area contributed by atoms with Gasteiger partial charge in [-0.05, 0) is 31.8 Å². The fraction of sp³-hybridized carbons (Fsp3) is 0.615. The summed E-state index contributed by atoms with van der Waals surface area (Å²) in [5, 5.41) is 4.06. The number of aryl methyl sites for hydroxylation is 1. The van der Waals surface area contributed by atoms with Crippen molar-refractivity contribution < 1.29 is 0 Å². The molecule has 3 heterocycles. The molecule has 1 aliphatic heterocycles. The van der Waals surface area contributed by atoms with Crippen LogP contribution in [0.15, 0.2) is 14.7 Å². The van der Waals surface area contributed by atoms with Gasteiger partial charge in [0.1, 0.15) is 0 Å². The first-order valence-electron chi connectivity index (χ1n) is 7.07. The molecule has 114 valence electrons. The van der Waals surface area contributed by atoms with Gasteiger partial charge in [0.05, 0.1) is 0 Å². The van der Waals surface area contributed by atoms with Crippen molar-refractivity contribution in [1.29, 1.82) is 0 Å². The first kappa shape index (κ1) is 14.4. The first-order chi connectivity index (χ1) is 10.1. The lowest BCUT2D eigenvalue weighted by Crippen LogP contribution is -2.36. The van der Waals surface area contributed by atoms with E-state index >= 15 is 0 Å². The zero-order valence-electron chi connectivity index (χ0n) is 12.2. The van der Waals surface area contributed by atoms with Crippen molar-refractivity contribution in [2.75, 3.05) is 18.8 Å². The third-order valence-corrected chi connectivity index (χ3v) is 5.09. The average molecular weight is 309 g/mol. The minimum absolute atomic E-state index is 0.325. The monoisotopic (exact) mass is 309 g/mol. The summed E-state index contributed by atoms with van der Waals surface area (Å²) in [6.45, 7) is 2.14. The van der Waals surface area contributed by atoms with Crippen LogP contribution < -0.4 is 16.6 Å². The lowest BCUT2D eigenvalue weighted by molar-refractivity contribution is 0.407. The Bertz CT molecular complexity index is 769. The van der Waals surface area contributed by atoms with Gasteiger partial charge in [-0.1, -0.05) is 11.8 Å². The molecule has 0 aromatic carbocycles. The topological polar surface area (TPSA) is 84.7 Å². The van der Waals surface area contributed by atoms with Gasteiger partial charge in [0, 0.05) is 19.8 Å². The van der Waals surface area contributed by atoms with E-state index in [9.17, 15) is 9.59 Å². The third kappa shape index (κ3) is 2.65. The summed E-state index contributed by atoms with van der Waals surface area (Å²) in [7, 11) is 3.11. The van der Waals surface area contributed by atoms with Crippen LogP contribution in [-0.4, -0.2) is 37.9 Å². The van der Waals surface area contributed by atoms with Crippen LogP contribution in [0.2, 0.25) is 0 Å². The van der Waals surface area contributed by atoms with Gasteiger partial charge in [0.15, 0.2) is 16.3 Å². The van der Waals surface area contributed by atoms with Gasteiger partial charge >= 0.3 is 5.69 Å². The number of H-pyrrole nitrogens is 1. The molecule has 2 aromatic rings. The van der Waals surface area contributed by atoms with Crippen LogP contribution in [0.5, 0.6) is 0 Å². The molecule has 0 spiro atoms. The molecule has 3 rings (SSSR count). The fourth-order valence-corrected chi connectivity index (χ4v) is 3.67. The number of nitrogens with one attached hydrogen (secondary N) is 2. The minimum atomic E-state index is -0.353. The Labute approximate surface area is 125 Å². The predicted molar refractivity (Wildman–Crippen MR) is 82.9 cm³/mol. The predicted octanol–water partition coefficient (Wildman–Crippen LogP) is 0.0520. The molecule has 0 radical (unpaired) electrons. The lowest BCUT2D eigenvalue weighted by atomic mass is 10.0. The summed E-state index contributed by atoms with van der Waals surface area (Å²) >= 11 is 1.62. The van der Waals surface area contributed by atoms with Crippen molar-refractivity contribution in [2.24, 2.45) is 20.0 Å². The molecule has 7 nitrogen and oxygen atoms in total. The molecule has 1 fully saturated rings. The maximum Gasteiger partial charge on any atom is 0.332 e. The highest BCUT2D eigenvalue weighted by atomic mass is 32.2. The van der Waals surface area contributed by atoms with Crippen molar-refractivity contribution in [3.8, 4) is 0 Å². The fourth-order valence-electron chi connectivity index (χ4n) is 2.62. The zero-order chi connectivity index (χ0) is 15.0. The van der Waals surface area contributed by atoms with Gasteiger partial charge in [-0.15, -0.1) is 0 Å². The van der Waals surface area contributed by atoms with E-state index in [1.165, 1.54) is 24.5 Å². The molecule has 2 N–H and O–H groups in total. The summed E-state index contributed by atoms with van der Waals surface area (Å²) in [5.74, 6) is 1.66. The van der Waals surface area contributed by atoms with Crippen LogP contribution in [0.3, 0.4) is 0 Å². The number of aromatic amines is 1. The normalized spacial score (nSPS) is 16.7. The number of hydrogen-bond acceptors (Lipinski definition) is 5. The number of fused-ring (bicyclic) bond motifs is 1. The SMILES string of the molecule is Cn1c(=O)c2[nH]c(SCC3CCNCC3)nc2n(C)c1=O. The highest BCUT2D eigenvalue weighted by Crippen LogP contribution is 2.23. The Morgan fingerprint density at radius 2 is 1.95 bits per heavy atom. The molecule has 0 amide bonds. The molecule has 1 saturated heterocycles. The second-order valence-electron chi connectivity index (χ2n) is 5.45. The van der Waals surface area contributed by atoms with Crippen molar-refractivity contribution in [1.82, 2.24) is 24.4 Å². The van der Waals surface area contributed by atoms with Gasteiger partial charge in [-0.2, -0.15) is 0 Å². The Hall–Kier alpha value is -1.54. The van der Waals surface area contributed by atoms with Crippen molar-refractivity contribution in [3.05, 3.63) is 20.8 Å². The highest BCUT2D eigenvalue weighted by Gasteiger charge is 2.16. The molecular weight excluding hydrogens is 290 g/mol. The molecule has 0 unspecified atom stereocenters. The molecule has 8 heteroatoms. The largest absolute Gasteiger partial charge is 0.332 e. The number of rotatable bonds is 3. The summed E-state index contributed by atoms with van der Waals surface area (Å²) in [6, 6.07) is 0. The number of piperidine rings is 1. The molecule has 0 aliphatic carbocycles. The van der Waals surface area contributed by atoms with E-state index in [1.54, 1.807) is 18.8 Å². The summed E-state index contributed by atoms with van der Waals surface area (Å²) in [6.07, 6.45) is 2.35. The number of nitrogens with zero attached hydrogens (tertiary/aromatic N) is 3. The first-order valence-corrected chi connectivity index (χ1v) is 8.05. The van der Waals surface area contributed by atoms with Gasteiger partial charge in [0.2, 0.25) is 0 Å². The van der Waals surface area contributed by atoms with Crippen LogP contribution in [0.25, 0.3) is 11.2 Å². The van der Waals surface area contributed by atoms with Gasteiger partial charge in [-0.25, -0.2) is 9.78 Å². The average Bonchev–Trinajstić information content (AvgIpc) is 2.94. The Morgan fingerprint density at radius 1 is 1.24 bits per heavy atom. The van der Waals surface area contributed by atoms with Crippen LogP contribution in [0.1, 0.15) is 12.8 Å². The van der Waals surface area contributed by atoms with E-state index in [2.05, 4.69) is 15.3 Å². The van der Waals surface area contributed by atoms with E-state index in [-0.39, 0.29) is 11.2 Å². The molecule has 1 aliphatic rings. The summed E-state index contributed by atoms with van der Waals surface area (Å²) in [5.41, 5.74) is 0.145. The molecule has 21 heavy (non-hydrogen) atoms. The van der Waals surface area contributed by atoms with Gasteiger partial charge in [0.25, 0.3) is 5.56 Å². The molecular formula is C13H19N5O2S. The van der Waals surface area contributed by atoms with Gasteiger partial charge < -0.3 is 10.3 Å². The lowest BCUT2D eigenvalue weighted by Gasteiger charge is -2.21. The van der Waals surface area contributed by atoms with E-state index in [1.807, 2.05) is 0 Å². The van der Waals surface area contributed by atoms with E-state index in [0.717, 1.165) is 23.4 Å². The van der Waals surface area contributed by atoms with Crippen molar-refractivity contribution >= 4 is 22.9 Å². The number of imidazole rings is 1. The Kier molecular flexibility index (Phi) is 3.90. The minimum Gasteiger partial charge on any atom is -0.327 e. The van der Waals surface area contributed by atoms with Crippen molar-refractivity contribution in [3.63, 3.8) is 0 Å². The second kappa shape index (κ2) is 5.69. The van der Waals surface area contributed by atoms with E-state index in [0.29, 0.717) is 22.2 Å². The van der Waals surface area contributed by atoms with Crippen LogP contribution in [-0.2, 0) is 14.1 Å². The number of hydrogen-bond donors (Lipinski definition) is 2. The zero-order valence-corrected chi connectivity index (χ0v) is 13.0. The number of thioether (sulfide) groups is 1. The van der Waals surface area contributed by atoms with Gasteiger partial charge in [-0.3, -0.25) is 13.9 Å². The molecule has 0 bridgehead atoms. The highest BCUT2D eigenvalue weighted by molar-refractivity contribution is 7.99. The molecule has 2 aromatic heterocycles. The quantitative estimate of drug-likeness (QED) is 0.783. The Balaban J connectivity index is 1.87.